The van der Waals surface area contributed by atoms with Crippen LogP contribution in [0.25, 0.3) is 0 Å². The Labute approximate surface area is 82.6 Å². The van der Waals surface area contributed by atoms with Gasteiger partial charge >= 0.3 is 12.0 Å². The van der Waals surface area contributed by atoms with E-state index in [9.17, 15) is 13.6 Å². The third kappa shape index (κ3) is 2.72. The van der Waals surface area contributed by atoms with Gasteiger partial charge in [-0.1, -0.05) is 6.07 Å². The van der Waals surface area contributed by atoms with Gasteiger partial charge in [0, 0.05) is 4.88 Å². The lowest BCUT2D eigenvalue weighted by atomic mass is 10.5. The van der Waals surface area contributed by atoms with Crippen LogP contribution in [0.1, 0.15) is 4.88 Å². The molecule has 4 nitrogen and oxygen atoms in total. The first-order valence-corrected chi connectivity index (χ1v) is 4.49. The van der Waals surface area contributed by atoms with E-state index < -0.39 is 12.0 Å². The number of carbonyl (C=O) groups excluding carboxylic acids is 1. The van der Waals surface area contributed by atoms with Crippen molar-refractivity contribution < 1.29 is 18.3 Å². The van der Waals surface area contributed by atoms with Gasteiger partial charge in [-0.05, 0) is 11.4 Å². The molecule has 0 radical (unpaired) electrons. The van der Waals surface area contributed by atoms with E-state index in [0.717, 1.165) is 0 Å². The van der Waals surface area contributed by atoms with Gasteiger partial charge in [-0.3, -0.25) is 10.2 Å². The van der Waals surface area contributed by atoms with E-state index >= 15 is 0 Å². The third-order valence-corrected chi connectivity index (χ3v) is 2.22. The molecule has 0 saturated carbocycles. The molecule has 0 saturated heterocycles. The van der Waals surface area contributed by atoms with Crippen molar-refractivity contribution >= 4 is 17.2 Å². The van der Waals surface area contributed by atoms with E-state index in [1.165, 1.54) is 16.8 Å². The molecule has 0 atom stereocenters. The lowest BCUT2D eigenvalue weighted by Crippen LogP contribution is -2.45. The molecule has 0 aliphatic rings. The molecule has 3 N–H and O–H groups in total. The molecule has 78 valence electrons. The minimum Gasteiger partial charge on any atom is -0.307 e. The fourth-order valence-corrected chi connectivity index (χ4v) is 1.32. The number of hydrogen-bond acceptors (Lipinski definition) is 4. The van der Waals surface area contributed by atoms with Gasteiger partial charge in [0.1, 0.15) is 0 Å². The number of nitrogens with two attached hydrogens (primary N) is 1. The molecule has 1 aromatic rings. The normalized spacial score (nSPS) is 11.4. The van der Waals surface area contributed by atoms with Crippen LogP contribution in [-0.2, 0) is 16.1 Å². The van der Waals surface area contributed by atoms with Crippen LogP contribution in [0.3, 0.4) is 0 Å². The molecule has 7 heteroatoms. The minimum absolute atomic E-state index is 0.321. The summed E-state index contributed by atoms with van der Waals surface area (Å²) in [5.74, 6) is 2.89. The number of hydrogen-bond donors (Lipinski definition) is 2. The largest absolute Gasteiger partial charge is 0.438 e. The predicted octanol–water partition coefficient (Wildman–Crippen LogP) is 0.847. The van der Waals surface area contributed by atoms with Crippen molar-refractivity contribution in [3.05, 3.63) is 22.4 Å². The Kier molecular flexibility index (Phi) is 3.50. The van der Waals surface area contributed by atoms with Gasteiger partial charge in [-0.2, -0.15) is 8.78 Å². The zero-order chi connectivity index (χ0) is 10.6. The number of alkyl halides is 2. The van der Waals surface area contributed by atoms with Crippen LogP contribution in [0.15, 0.2) is 17.5 Å². The van der Waals surface area contributed by atoms with Crippen molar-refractivity contribution in [1.29, 1.82) is 0 Å². The summed E-state index contributed by atoms with van der Waals surface area (Å²) in [6.07, 6.45) is -3.89. The Morgan fingerprint density at radius 1 is 1.71 bits per heavy atom. The van der Waals surface area contributed by atoms with Crippen molar-refractivity contribution in [3.63, 3.8) is 0 Å². The minimum atomic E-state index is -3.89. The SMILES string of the molecule is NNC(=O)C(F)(F)OCc1cccs1. The molecule has 1 aromatic heterocycles. The van der Waals surface area contributed by atoms with Crippen LogP contribution < -0.4 is 11.3 Å². The Hall–Kier alpha value is -1.05. The highest BCUT2D eigenvalue weighted by molar-refractivity contribution is 7.09. The first-order chi connectivity index (χ1) is 6.56. The van der Waals surface area contributed by atoms with E-state index in [-0.39, 0.29) is 6.61 Å². The summed E-state index contributed by atoms with van der Waals surface area (Å²) in [5.41, 5.74) is 1.32. The number of halogens is 2. The fourth-order valence-electron chi connectivity index (χ4n) is 0.706. The third-order valence-electron chi connectivity index (χ3n) is 1.37. The molecule has 1 heterocycles. The Balaban J connectivity index is 2.48. The van der Waals surface area contributed by atoms with Crippen molar-refractivity contribution in [1.82, 2.24) is 5.43 Å². The molecule has 0 aliphatic heterocycles. The first kappa shape index (κ1) is 11.0. The number of ether oxygens (including phenoxy) is 1. The van der Waals surface area contributed by atoms with Crippen LogP contribution in [0.4, 0.5) is 8.78 Å². The van der Waals surface area contributed by atoms with Gasteiger partial charge in [0.25, 0.3) is 0 Å². The number of nitrogens with one attached hydrogen (secondary N) is 1. The average Bonchev–Trinajstić information content (AvgIpc) is 2.66. The number of amides is 1. The van der Waals surface area contributed by atoms with E-state index in [2.05, 4.69) is 10.6 Å². The lowest BCUT2D eigenvalue weighted by molar-refractivity contribution is -0.235. The van der Waals surface area contributed by atoms with Crippen molar-refractivity contribution in [3.8, 4) is 0 Å². The van der Waals surface area contributed by atoms with Gasteiger partial charge in [-0.15, -0.1) is 11.3 Å². The molecule has 0 aliphatic carbocycles. The zero-order valence-electron chi connectivity index (χ0n) is 7.00. The topological polar surface area (TPSA) is 64.3 Å². The number of carbonyl (C=O) groups is 1. The van der Waals surface area contributed by atoms with E-state index in [4.69, 9.17) is 0 Å². The zero-order valence-corrected chi connectivity index (χ0v) is 7.81. The molecule has 0 bridgehead atoms. The second-order valence-electron chi connectivity index (χ2n) is 2.36. The van der Waals surface area contributed by atoms with Crippen LogP contribution in [0, 0.1) is 0 Å². The highest BCUT2D eigenvalue weighted by Crippen LogP contribution is 2.19. The van der Waals surface area contributed by atoms with Crippen molar-refractivity contribution in [2.45, 2.75) is 12.7 Å². The highest BCUT2D eigenvalue weighted by atomic mass is 32.1. The Morgan fingerprint density at radius 3 is 2.93 bits per heavy atom. The van der Waals surface area contributed by atoms with Crippen LogP contribution >= 0.6 is 11.3 Å². The summed E-state index contributed by atoms with van der Waals surface area (Å²) < 4.78 is 29.5. The molecular formula is C7H8F2N2O2S. The van der Waals surface area contributed by atoms with Crippen molar-refractivity contribution in [2.75, 3.05) is 0 Å². The maximum Gasteiger partial charge on any atom is 0.438 e. The molecule has 1 rings (SSSR count). The summed E-state index contributed by atoms with van der Waals surface area (Å²) in [6, 6.07) is 3.33. The van der Waals surface area contributed by atoms with Gasteiger partial charge in [0.15, 0.2) is 0 Å². The summed E-state index contributed by atoms with van der Waals surface area (Å²) in [5, 5.41) is 1.72. The second-order valence-corrected chi connectivity index (χ2v) is 3.39. The number of rotatable bonds is 4. The first-order valence-electron chi connectivity index (χ1n) is 3.61. The highest BCUT2D eigenvalue weighted by Gasteiger charge is 2.40. The maximum absolute atomic E-state index is 12.7. The molecule has 0 spiro atoms. The monoisotopic (exact) mass is 222 g/mol. The number of thiophene rings is 1. The smallest absolute Gasteiger partial charge is 0.307 e. The van der Waals surface area contributed by atoms with Gasteiger partial charge < -0.3 is 4.74 Å². The standard InChI is InChI=1S/C7H8F2N2O2S/c8-7(9,6(12)11-10)13-4-5-2-1-3-14-5/h1-3H,4,10H2,(H,11,12). The number of hydrazine groups is 1. The molecule has 14 heavy (non-hydrogen) atoms. The summed E-state index contributed by atoms with van der Waals surface area (Å²) >= 11 is 1.26. The maximum atomic E-state index is 12.7. The van der Waals surface area contributed by atoms with Gasteiger partial charge in [0.05, 0.1) is 6.61 Å². The molecule has 0 fully saturated rings. The Bertz CT molecular complexity index is 303. The summed E-state index contributed by atoms with van der Waals surface area (Å²) in [7, 11) is 0. The average molecular weight is 222 g/mol. The lowest BCUT2D eigenvalue weighted by Gasteiger charge is -2.13. The summed E-state index contributed by atoms with van der Waals surface area (Å²) in [6.45, 7) is -0.321. The van der Waals surface area contributed by atoms with Crippen LogP contribution in [0.2, 0.25) is 0 Å². The molecule has 0 unspecified atom stereocenters. The van der Waals surface area contributed by atoms with E-state index in [1.807, 2.05) is 0 Å². The molecule has 0 aromatic carbocycles. The van der Waals surface area contributed by atoms with E-state index in [0.29, 0.717) is 4.88 Å². The van der Waals surface area contributed by atoms with Gasteiger partial charge in [0.2, 0.25) is 0 Å². The predicted molar refractivity (Wildman–Crippen MR) is 46.4 cm³/mol. The van der Waals surface area contributed by atoms with Crippen LogP contribution in [0.5, 0.6) is 0 Å². The molecular weight excluding hydrogens is 214 g/mol. The molecule has 1 amide bonds. The summed E-state index contributed by atoms with van der Waals surface area (Å²) in [4.78, 5) is 11.1. The second kappa shape index (κ2) is 4.45. The fraction of sp³-hybridized carbons (Fsp3) is 0.286. The van der Waals surface area contributed by atoms with Crippen molar-refractivity contribution in [2.24, 2.45) is 5.84 Å². The van der Waals surface area contributed by atoms with Crippen LogP contribution in [-0.4, -0.2) is 12.0 Å². The van der Waals surface area contributed by atoms with Gasteiger partial charge in [-0.25, -0.2) is 5.84 Å². The van der Waals surface area contributed by atoms with E-state index in [1.54, 1.807) is 17.5 Å². The Morgan fingerprint density at radius 2 is 2.43 bits per heavy atom. The quantitative estimate of drug-likeness (QED) is 0.451.